The van der Waals surface area contributed by atoms with E-state index in [0.29, 0.717) is 17.1 Å². The maximum atomic E-state index is 12.9. The van der Waals surface area contributed by atoms with Crippen molar-refractivity contribution in [3.8, 4) is 0 Å². The zero-order valence-corrected chi connectivity index (χ0v) is 20.0. The van der Waals surface area contributed by atoms with Gasteiger partial charge in [0.1, 0.15) is 5.82 Å². The topological polar surface area (TPSA) is 151 Å². The van der Waals surface area contributed by atoms with Crippen LogP contribution in [0.5, 0.6) is 0 Å². The van der Waals surface area contributed by atoms with Crippen LogP contribution in [0.25, 0.3) is 0 Å². The molecular weight excluding hydrogens is 448 g/mol. The Labute approximate surface area is 203 Å². The largest absolute Gasteiger partial charge is 0.389 e. The van der Waals surface area contributed by atoms with Crippen LogP contribution < -0.4 is 21.3 Å². The summed E-state index contributed by atoms with van der Waals surface area (Å²) in [5.74, 6) is -0.0301. The van der Waals surface area contributed by atoms with Crippen molar-refractivity contribution < 1.29 is 14.7 Å². The van der Waals surface area contributed by atoms with Crippen LogP contribution in [-0.2, 0) is 7.05 Å². The van der Waals surface area contributed by atoms with Crippen LogP contribution in [-0.4, -0.2) is 55.3 Å². The molecule has 35 heavy (non-hydrogen) atoms. The summed E-state index contributed by atoms with van der Waals surface area (Å²) >= 11 is 0. The van der Waals surface area contributed by atoms with Crippen LogP contribution >= 0.6 is 0 Å². The number of nitrogens with one attached hydrogen (secondary N) is 2. The molecule has 2 aromatic heterocycles. The third-order valence-corrected chi connectivity index (χ3v) is 6.21. The smallest absolute Gasteiger partial charge is 0.271 e. The number of hydrogen-bond acceptors (Lipinski definition) is 8. The van der Waals surface area contributed by atoms with E-state index < -0.39 is 12.0 Å². The van der Waals surface area contributed by atoms with E-state index in [1.807, 2.05) is 6.92 Å². The fourth-order valence-corrected chi connectivity index (χ4v) is 4.23. The Morgan fingerprint density at radius 3 is 2.60 bits per heavy atom. The first-order valence-corrected chi connectivity index (χ1v) is 11.5. The SMILES string of the molecule is CC(O)c1ccc(C(=O)N[C@@H]2CCCN(c3cnc(C(N)=O)c(Nc4cnn(C)c4)n3)[C@@H]2C)cc1. The molecule has 1 fully saturated rings. The van der Waals surface area contributed by atoms with Gasteiger partial charge < -0.3 is 26.4 Å². The minimum Gasteiger partial charge on any atom is -0.389 e. The predicted octanol–water partition coefficient (Wildman–Crippen LogP) is 1.89. The van der Waals surface area contributed by atoms with Crippen LogP contribution in [0.3, 0.4) is 0 Å². The van der Waals surface area contributed by atoms with Crippen molar-refractivity contribution in [3.05, 3.63) is 59.7 Å². The summed E-state index contributed by atoms with van der Waals surface area (Å²) < 4.78 is 1.63. The lowest BCUT2D eigenvalue weighted by Gasteiger charge is -2.40. The Balaban J connectivity index is 1.52. The van der Waals surface area contributed by atoms with E-state index in [-0.39, 0.29) is 29.5 Å². The van der Waals surface area contributed by atoms with Crippen LogP contribution in [0.2, 0.25) is 0 Å². The molecule has 0 aliphatic carbocycles. The number of anilines is 3. The monoisotopic (exact) mass is 478 g/mol. The number of hydrogen-bond donors (Lipinski definition) is 4. The first kappa shape index (κ1) is 24.1. The summed E-state index contributed by atoms with van der Waals surface area (Å²) in [5.41, 5.74) is 7.49. The number of amides is 2. The fourth-order valence-electron chi connectivity index (χ4n) is 4.23. The van der Waals surface area contributed by atoms with Gasteiger partial charge in [0.25, 0.3) is 11.8 Å². The highest BCUT2D eigenvalue weighted by Gasteiger charge is 2.31. The molecule has 1 unspecified atom stereocenters. The molecule has 11 nitrogen and oxygen atoms in total. The Hall–Kier alpha value is -3.99. The molecule has 1 saturated heterocycles. The number of rotatable bonds is 7. The van der Waals surface area contributed by atoms with Crippen molar-refractivity contribution in [2.24, 2.45) is 12.8 Å². The van der Waals surface area contributed by atoms with Gasteiger partial charge in [-0.1, -0.05) is 12.1 Å². The van der Waals surface area contributed by atoms with E-state index in [9.17, 15) is 14.7 Å². The summed E-state index contributed by atoms with van der Waals surface area (Å²) in [4.78, 5) is 35.8. The van der Waals surface area contributed by atoms with E-state index in [0.717, 1.165) is 24.9 Å². The van der Waals surface area contributed by atoms with Crippen molar-refractivity contribution in [1.29, 1.82) is 0 Å². The third kappa shape index (κ3) is 5.40. The summed E-state index contributed by atoms with van der Waals surface area (Å²) in [6, 6.07) is 6.76. The molecule has 1 aliphatic rings. The van der Waals surface area contributed by atoms with Gasteiger partial charge in [0.05, 0.1) is 24.2 Å². The van der Waals surface area contributed by atoms with Gasteiger partial charge in [0.2, 0.25) is 0 Å². The van der Waals surface area contributed by atoms with E-state index in [1.165, 1.54) is 6.20 Å². The normalized spacial score (nSPS) is 18.7. The molecule has 184 valence electrons. The zero-order chi connectivity index (χ0) is 25.1. The van der Waals surface area contributed by atoms with E-state index in [1.54, 1.807) is 55.3 Å². The highest BCUT2D eigenvalue weighted by atomic mass is 16.3. The summed E-state index contributed by atoms with van der Waals surface area (Å²) in [6.45, 7) is 4.44. The molecule has 1 aliphatic heterocycles. The van der Waals surface area contributed by atoms with Gasteiger partial charge in [-0.2, -0.15) is 5.10 Å². The summed E-state index contributed by atoms with van der Waals surface area (Å²) in [7, 11) is 1.79. The van der Waals surface area contributed by atoms with Crippen molar-refractivity contribution in [2.45, 2.75) is 44.9 Å². The van der Waals surface area contributed by atoms with E-state index in [4.69, 9.17) is 5.73 Å². The highest BCUT2D eigenvalue weighted by molar-refractivity contribution is 5.96. The van der Waals surface area contributed by atoms with Gasteiger partial charge >= 0.3 is 0 Å². The third-order valence-electron chi connectivity index (χ3n) is 6.21. The zero-order valence-electron chi connectivity index (χ0n) is 20.0. The molecule has 3 atom stereocenters. The number of nitrogens with zero attached hydrogens (tertiary/aromatic N) is 5. The number of benzene rings is 1. The Morgan fingerprint density at radius 1 is 1.23 bits per heavy atom. The lowest BCUT2D eigenvalue weighted by molar-refractivity contribution is 0.0923. The quantitative estimate of drug-likeness (QED) is 0.402. The van der Waals surface area contributed by atoms with Gasteiger partial charge in [-0.05, 0) is 44.4 Å². The van der Waals surface area contributed by atoms with Gasteiger partial charge in [0.15, 0.2) is 11.5 Å². The van der Waals surface area contributed by atoms with Crippen molar-refractivity contribution in [1.82, 2.24) is 25.1 Å². The lowest BCUT2D eigenvalue weighted by atomic mass is 9.97. The van der Waals surface area contributed by atoms with Crippen LogP contribution in [0.1, 0.15) is 59.2 Å². The molecule has 3 heterocycles. The molecule has 3 aromatic rings. The second-order valence-corrected chi connectivity index (χ2v) is 8.77. The maximum absolute atomic E-state index is 12.9. The molecular formula is C24H30N8O3. The van der Waals surface area contributed by atoms with E-state index >= 15 is 0 Å². The molecule has 0 saturated carbocycles. The lowest BCUT2D eigenvalue weighted by Crippen LogP contribution is -2.54. The maximum Gasteiger partial charge on any atom is 0.271 e. The van der Waals surface area contributed by atoms with Gasteiger partial charge in [-0.15, -0.1) is 0 Å². The van der Waals surface area contributed by atoms with Crippen LogP contribution in [0.4, 0.5) is 17.3 Å². The minimum absolute atomic E-state index is 0.0350. The molecule has 0 bridgehead atoms. The fraction of sp³-hybridized carbons (Fsp3) is 0.375. The minimum atomic E-state index is -0.686. The molecule has 0 spiro atoms. The average molecular weight is 479 g/mol. The first-order chi connectivity index (χ1) is 16.7. The average Bonchev–Trinajstić information content (AvgIpc) is 3.24. The molecule has 0 radical (unpaired) electrons. The molecule has 4 rings (SSSR count). The number of primary amides is 1. The number of carbonyl (C=O) groups is 2. The van der Waals surface area contributed by atoms with Crippen molar-refractivity contribution >= 4 is 29.1 Å². The Kier molecular flexibility index (Phi) is 6.97. The second kappa shape index (κ2) is 10.1. The number of aliphatic hydroxyl groups is 1. The molecule has 11 heteroatoms. The highest BCUT2D eigenvalue weighted by Crippen LogP contribution is 2.26. The molecule has 2 amide bonds. The number of aliphatic hydroxyl groups excluding tert-OH is 1. The Bertz CT molecular complexity index is 1210. The van der Waals surface area contributed by atoms with Crippen molar-refractivity contribution in [2.75, 3.05) is 16.8 Å². The number of nitrogens with two attached hydrogens (primary N) is 1. The second-order valence-electron chi connectivity index (χ2n) is 8.77. The predicted molar refractivity (Wildman–Crippen MR) is 131 cm³/mol. The number of aromatic nitrogens is 4. The van der Waals surface area contributed by atoms with Crippen LogP contribution in [0.15, 0.2) is 42.9 Å². The standard InChI is InChI=1S/C24H30N8O3/c1-14-19(29-24(35)17-8-6-16(7-9-17)15(2)33)5-4-10-32(14)20-12-26-21(22(25)34)23(30-20)28-18-11-27-31(3)13-18/h6-9,11-15,19,33H,4-5,10H2,1-3H3,(H2,25,34)(H,28,30)(H,29,35)/t14-,15?,19-/m1/s1. The summed E-state index contributed by atoms with van der Waals surface area (Å²) in [5, 5.41) is 20.0. The number of carbonyl (C=O) groups excluding carboxylic acids is 2. The molecule has 5 N–H and O–H groups in total. The summed E-state index contributed by atoms with van der Waals surface area (Å²) in [6.07, 6.45) is 5.98. The molecule has 1 aromatic carbocycles. The van der Waals surface area contributed by atoms with Gasteiger partial charge in [0, 0.05) is 37.4 Å². The van der Waals surface area contributed by atoms with Crippen LogP contribution in [0, 0.1) is 0 Å². The Morgan fingerprint density at radius 2 is 1.97 bits per heavy atom. The first-order valence-electron chi connectivity index (χ1n) is 11.5. The van der Waals surface area contributed by atoms with Gasteiger partial charge in [-0.3, -0.25) is 14.3 Å². The van der Waals surface area contributed by atoms with E-state index in [2.05, 4.69) is 30.6 Å². The number of piperidine rings is 1. The van der Waals surface area contributed by atoms with Crippen molar-refractivity contribution in [3.63, 3.8) is 0 Å². The number of aryl methyl sites for hydroxylation is 1. The van der Waals surface area contributed by atoms with Gasteiger partial charge in [-0.25, -0.2) is 9.97 Å².